The van der Waals surface area contributed by atoms with Crippen LogP contribution in [0.15, 0.2) is 24.4 Å². The van der Waals surface area contributed by atoms with Crippen LogP contribution in [0.1, 0.15) is 19.0 Å². The van der Waals surface area contributed by atoms with Crippen molar-refractivity contribution in [3.63, 3.8) is 0 Å². The molecule has 0 saturated heterocycles. The van der Waals surface area contributed by atoms with Crippen LogP contribution in [0, 0.1) is 5.41 Å². The number of nitrogens with two attached hydrogens (primary N) is 1. The molecule has 1 atom stereocenters. The normalized spacial score (nSPS) is 13.2. The maximum absolute atomic E-state index is 11.7. The van der Waals surface area contributed by atoms with Crippen LogP contribution in [-0.4, -0.2) is 31.0 Å². The van der Waals surface area contributed by atoms with E-state index < -0.39 is 10.0 Å². The first kappa shape index (κ1) is 14.6. The summed E-state index contributed by atoms with van der Waals surface area (Å²) >= 11 is 0. The van der Waals surface area contributed by atoms with Gasteiger partial charge in [0.05, 0.1) is 11.6 Å². The van der Waals surface area contributed by atoms with Gasteiger partial charge in [0, 0.05) is 30.8 Å². The van der Waals surface area contributed by atoms with Crippen molar-refractivity contribution in [1.29, 1.82) is 5.41 Å². The fraction of sp³-hybridized carbons (Fsp3) is 0.455. The molecule has 0 fully saturated rings. The molecule has 0 aromatic carbocycles. The molecule has 0 spiro atoms. The lowest BCUT2D eigenvalue weighted by molar-refractivity contribution is 0.563. The Kier molecular flexibility index (Phi) is 5.24. The molecule has 1 aromatic heterocycles. The third-order valence-corrected chi connectivity index (χ3v) is 3.76. The standard InChI is InChI=1S/C11H18N4O2S/c1-9(8-11(12)13)15-18(16,17)7-5-10-4-2-3-6-14-10/h2-4,6,9,15H,5,7-8H2,1H3,(H3,12,13). The predicted molar refractivity (Wildman–Crippen MR) is 70.9 cm³/mol. The van der Waals surface area contributed by atoms with Gasteiger partial charge in [-0.15, -0.1) is 0 Å². The van der Waals surface area contributed by atoms with E-state index in [4.69, 9.17) is 11.1 Å². The molecular weight excluding hydrogens is 252 g/mol. The summed E-state index contributed by atoms with van der Waals surface area (Å²) < 4.78 is 26.0. The summed E-state index contributed by atoms with van der Waals surface area (Å²) in [4.78, 5) is 4.06. The molecular formula is C11H18N4O2S. The fourth-order valence-electron chi connectivity index (χ4n) is 1.52. The first-order chi connectivity index (χ1) is 8.39. The molecule has 0 radical (unpaired) electrons. The van der Waals surface area contributed by atoms with E-state index in [1.807, 2.05) is 6.07 Å². The van der Waals surface area contributed by atoms with Gasteiger partial charge in [-0.1, -0.05) is 6.07 Å². The molecule has 0 amide bonds. The first-order valence-corrected chi connectivity index (χ1v) is 7.27. The summed E-state index contributed by atoms with van der Waals surface area (Å²) in [6.45, 7) is 1.68. The number of hydrogen-bond acceptors (Lipinski definition) is 4. The lowest BCUT2D eigenvalue weighted by Gasteiger charge is -2.13. The highest BCUT2D eigenvalue weighted by Gasteiger charge is 2.15. The Morgan fingerprint density at radius 3 is 2.83 bits per heavy atom. The maximum atomic E-state index is 11.7. The van der Waals surface area contributed by atoms with Crippen LogP contribution in [0.25, 0.3) is 0 Å². The molecule has 0 aliphatic carbocycles. The number of nitrogens with one attached hydrogen (secondary N) is 2. The summed E-state index contributed by atoms with van der Waals surface area (Å²) in [6.07, 6.45) is 2.21. The maximum Gasteiger partial charge on any atom is 0.212 e. The Labute approximate surface area is 107 Å². The van der Waals surface area contributed by atoms with Crippen LogP contribution < -0.4 is 10.5 Å². The van der Waals surface area contributed by atoms with Crippen LogP contribution in [-0.2, 0) is 16.4 Å². The summed E-state index contributed by atoms with van der Waals surface area (Å²) in [7, 11) is -3.37. The van der Waals surface area contributed by atoms with E-state index in [0.717, 1.165) is 5.69 Å². The minimum Gasteiger partial charge on any atom is -0.388 e. The Morgan fingerprint density at radius 1 is 1.56 bits per heavy atom. The number of pyridine rings is 1. The molecule has 6 nitrogen and oxygen atoms in total. The van der Waals surface area contributed by atoms with Crippen molar-refractivity contribution in [2.24, 2.45) is 5.73 Å². The molecule has 1 rings (SSSR count). The van der Waals surface area contributed by atoms with Gasteiger partial charge in [-0.05, 0) is 19.1 Å². The molecule has 7 heteroatoms. The van der Waals surface area contributed by atoms with Gasteiger partial charge in [-0.25, -0.2) is 13.1 Å². The third kappa shape index (κ3) is 5.74. The zero-order valence-electron chi connectivity index (χ0n) is 10.3. The van der Waals surface area contributed by atoms with E-state index in [9.17, 15) is 8.42 Å². The number of aryl methyl sites for hydroxylation is 1. The van der Waals surface area contributed by atoms with Gasteiger partial charge < -0.3 is 5.73 Å². The van der Waals surface area contributed by atoms with E-state index in [-0.39, 0.29) is 24.1 Å². The Morgan fingerprint density at radius 2 is 2.28 bits per heavy atom. The van der Waals surface area contributed by atoms with E-state index in [2.05, 4.69) is 9.71 Å². The summed E-state index contributed by atoms with van der Waals surface area (Å²) in [5, 5.41) is 7.10. The number of rotatable bonds is 7. The Bertz CT molecular complexity index is 487. The molecule has 1 aromatic rings. The summed E-state index contributed by atoms with van der Waals surface area (Å²) in [5.41, 5.74) is 5.95. The lowest BCUT2D eigenvalue weighted by Crippen LogP contribution is -2.37. The van der Waals surface area contributed by atoms with E-state index in [1.54, 1.807) is 25.3 Å². The highest BCUT2D eigenvalue weighted by Crippen LogP contribution is 2.00. The lowest BCUT2D eigenvalue weighted by atomic mass is 10.2. The number of nitrogens with zero attached hydrogens (tertiary/aromatic N) is 1. The van der Waals surface area contributed by atoms with Crippen LogP contribution in [0.3, 0.4) is 0 Å². The van der Waals surface area contributed by atoms with Crippen molar-refractivity contribution >= 4 is 15.9 Å². The SMILES string of the molecule is CC(CC(=N)N)NS(=O)(=O)CCc1ccccn1. The van der Waals surface area contributed by atoms with Crippen molar-refractivity contribution in [2.75, 3.05) is 5.75 Å². The molecule has 1 unspecified atom stereocenters. The van der Waals surface area contributed by atoms with Gasteiger partial charge >= 0.3 is 0 Å². The van der Waals surface area contributed by atoms with Crippen molar-refractivity contribution in [1.82, 2.24) is 9.71 Å². The quantitative estimate of drug-likeness (QED) is 0.487. The highest BCUT2D eigenvalue weighted by molar-refractivity contribution is 7.89. The van der Waals surface area contributed by atoms with Crippen LogP contribution in [0.4, 0.5) is 0 Å². The molecule has 0 aliphatic heterocycles. The molecule has 18 heavy (non-hydrogen) atoms. The summed E-state index contributed by atoms with van der Waals surface area (Å²) in [6, 6.07) is 5.02. The van der Waals surface area contributed by atoms with E-state index in [0.29, 0.717) is 6.42 Å². The zero-order chi connectivity index (χ0) is 13.6. The van der Waals surface area contributed by atoms with Crippen LogP contribution >= 0.6 is 0 Å². The molecule has 0 bridgehead atoms. The van der Waals surface area contributed by atoms with Gasteiger partial charge in [0.15, 0.2) is 0 Å². The average Bonchev–Trinajstić information content (AvgIpc) is 2.26. The van der Waals surface area contributed by atoms with Gasteiger partial charge in [-0.3, -0.25) is 10.4 Å². The van der Waals surface area contributed by atoms with Gasteiger partial charge in [0.1, 0.15) is 0 Å². The third-order valence-electron chi connectivity index (χ3n) is 2.26. The van der Waals surface area contributed by atoms with Crippen molar-refractivity contribution in [2.45, 2.75) is 25.8 Å². The molecule has 0 saturated carbocycles. The second kappa shape index (κ2) is 6.46. The first-order valence-electron chi connectivity index (χ1n) is 5.62. The van der Waals surface area contributed by atoms with Crippen molar-refractivity contribution in [3.8, 4) is 0 Å². The molecule has 100 valence electrons. The fourth-order valence-corrected chi connectivity index (χ4v) is 2.81. The minimum atomic E-state index is -3.37. The van der Waals surface area contributed by atoms with Crippen LogP contribution in [0.5, 0.6) is 0 Å². The Hall–Kier alpha value is -1.47. The van der Waals surface area contributed by atoms with Crippen LogP contribution in [0.2, 0.25) is 0 Å². The molecule has 0 aliphatic rings. The van der Waals surface area contributed by atoms with Crippen molar-refractivity contribution < 1.29 is 8.42 Å². The average molecular weight is 270 g/mol. The predicted octanol–water partition coefficient (Wildman–Crippen LogP) is 0.258. The molecule has 1 heterocycles. The number of hydrogen-bond donors (Lipinski definition) is 3. The van der Waals surface area contributed by atoms with E-state index >= 15 is 0 Å². The van der Waals surface area contributed by atoms with Gasteiger partial charge in [-0.2, -0.15) is 0 Å². The highest BCUT2D eigenvalue weighted by atomic mass is 32.2. The second-order valence-corrected chi connectivity index (χ2v) is 6.01. The smallest absolute Gasteiger partial charge is 0.212 e. The Balaban J connectivity index is 2.47. The monoisotopic (exact) mass is 270 g/mol. The largest absolute Gasteiger partial charge is 0.388 e. The van der Waals surface area contributed by atoms with Crippen molar-refractivity contribution in [3.05, 3.63) is 30.1 Å². The minimum absolute atomic E-state index is 0.0216. The topological polar surface area (TPSA) is 109 Å². The van der Waals surface area contributed by atoms with Gasteiger partial charge in [0.2, 0.25) is 10.0 Å². The van der Waals surface area contributed by atoms with Gasteiger partial charge in [0.25, 0.3) is 0 Å². The number of sulfonamides is 1. The van der Waals surface area contributed by atoms with E-state index in [1.165, 1.54) is 0 Å². The zero-order valence-corrected chi connectivity index (χ0v) is 11.1. The molecule has 4 N–H and O–H groups in total. The number of amidine groups is 1. The second-order valence-electron chi connectivity index (χ2n) is 4.14. The number of aromatic nitrogens is 1. The summed E-state index contributed by atoms with van der Waals surface area (Å²) in [5.74, 6) is -0.0540.